The van der Waals surface area contributed by atoms with E-state index in [9.17, 15) is 9.59 Å². The number of nitrogens with zero attached hydrogens (tertiary/aromatic N) is 3. The molecule has 1 aromatic rings. The molecule has 146 valence electrons. The molecule has 2 heterocycles. The first kappa shape index (κ1) is 22.7. The first-order chi connectivity index (χ1) is 12.0. The van der Waals surface area contributed by atoms with E-state index in [4.69, 9.17) is 0 Å². The average molecular weight is 493 g/mol. The van der Waals surface area contributed by atoms with E-state index in [0.717, 1.165) is 13.0 Å². The van der Waals surface area contributed by atoms with Crippen molar-refractivity contribution < 1.29 is 9.59 Å². The van der Waals surface area contributed by atoms with Gasteiger partial charge in [-0.05, 0) is 17.9 Å². The van der Waals surface area contributed by atoms with Crippen molar-refractivity contribution in [3.05, 3.63) is 22.4 Å². The number of likely N-dealkylation sites (N-methyl/N-ethyl adjacent to an activating group) is 1. The summed E-state index contributed by atoms with van der Waals surface area (Å²) in [5.41, 5.74) is 0. The lowest BCUT2D eigenvalue weighted by molar-refractivity contribution is -0.130. The maximum atomic E-state index is 11.8. The molecule has 7 nitrogen and oxygen atoms in total. The van der Waals surface area contributed by atoms with Crippen molar-refractivity contribution in [2.24, 2.45) is 4.99 Å². The van der Waals surface area contributed by atoms with Gasteiger partial charge in [-0.15, -0.1) is 35.3 Å². The fourth-order valence-electron chi connectivity index (χ4n) is 2.55. The molecule has 0 aliphatic carbocycles. The van der Waals surface area contributed by atoms with Gasteiger partial charge in [0.15, 0.2) is 5.96 Å². The van der Waals surface area contributed by atoms with Gasteiger partial charge in [0.2, 0.25) is 11.8 Å². The summed E-state index contributed by atoms with van der Waals surface area (Å²) < 4.78 is 0. The number of thiophene rings is 1. The quantitative estimate of drug-likeness (QED) is 0.358. The van der Waals surface area contributed by atoms with Crippen LogP contribution in [0.5, 0.6) is 0 Å². The van der Waals surface area contributed by atoms with E-state index >= 15 is 0 Å². The zero-order chi connectivity index (χ0) is 18.2. The Bertz CT molecular complexity index is 606. The molecule has 9 heteroatoms. The molecule has 0 bridgehead atoms. The Morgan fingerprint density at radius 1 is 1.42 bits per heavy atom. The minimum Gasteiger partial charge on any atom is -0.352 e. The Hall–Kier alpha value is -1.36. The Kier molecular flexibility index (Phi) is 9.92. The van der Waals surface area contributed by atoms with E-state index in [2.05, 4.69) is 21.7 Å². The molecule has 2 rings (SSSR count). The lowest BCUT2D eigenvalue weighted by atomic mass is 10.3. The van der Waals surface area contributed by atoms with Crippen molar-refractivity contribution in [3.8, 4) is 0 Å². The van der Waals surface area contributed by atoms with Crippen LogP contribution in [0.4, 0.5) is 0 Å². The zero-order valence-corrected chi connectivity index (χ0v) is 18.7. The topological polar surface area (TPSA) is 77.0 Å². The van der Waals surface area contributed by atoms with Gasteiger partial charge in [0.05, 0.1) is 6.54 Å². The Labute approximate surface area is 176 Å². The van der Waals surface area contributed by atoms with Crippen LogP contribution in [0.25, 0.3) is 0 Å². The molecule has 1 fully saturated rings. The lowest BCUT2D eigenvalue weighted by Gasteiger charge is -2.19. The minimum absolute atomic E-state index is 0. The molecular formula is C17H28IN5O2S. The Morgan fingerprint density at radius 3 is 2.81 bits per heavy atom. The number of likely N-dealkylation sites (tertiary alicyclic amines) is 1. The molecule has 1 atom stereocenters. The average Bonchev–Trinajstić information content (AvgIpc) is 3.27. The molecule has 26 heavy (non-hydrogen) atoms. The van der Waals surface area contributed by atoms with Crippen molar-refractivity contribution in [1.82, 2.24) is 20.4 Å². The molecule has 0 saturated carbocycles. The van der Waals surface area contributed by atoms with E-state index in [1.54, 1.807) is 25.4 Å². The third-order valence-electron chi connectivity index (χ3n) is 4.07. The van der Waals surface area contributed by atoms with Crippen LogP contribution in [0.3, 0.4) is 0 Å². The summed E-state index contributed by atoms with van der Waals surface area (Å²) in [6.45, 7) is 4.07. The summed E-state index contributed by atoms with van der Waals surface area (Å²) >= 11 is 1.67. The van der Waals surface area contributed by atoms with Crippen molar-refractivity contribution >= 4 is 53.1 Å². The summed E-state index contributed by atoms with van der Waals surface area (Å²) in [6, 6.07) is 4.21. The third kappa shape index (κ3) is 7.10. The highest BCUT2D eigenvalue weighted by Gasteiger charge is 2.25. The van der Waals surface area contributed by atoms with Gasteiger partial charge in [-0.25, -0.2) is 4.99 Å². The second-order valence-corrected chi connectivity index (χ2v) is 7.24. The standard InChI is InChI=1S/C17H27N5O2S.HI/c1-4-15(23)22-8-7-13(12-22)20-17(19-11-16(24)21(2)3)18-10-14-6-5-9-25-14;/h5-6,9,13H,4,7-8,10-12H2,1-3H3,(H2,18,19,20);1H. The van der Waals surface area contributed by atoms with Gasteiger partial charge >= 0.3 is 0 Å². The second-order valence-electron chi connectivity index (χ2n) is 6.21. The molecule has 1 saturated heterocycles. The van der Waals surface area contributed by atoms with Crippen LogP contribution in [0.2, 0.25) is 0 Å². The van der Waals surface area contributed by atoms with Crippen LogP contribution in [0.1, 0.15) is 24.6 Å². The molecule has 0 spiro atoms. The van der Waals surface area contributed by atoms with Crippen LogP contribution in [0.15, 0.2) is 22.5 Å². The molecule has 1 aliphatic heterocycles. The van der Waals surface area contributed by atoms with Gasteiger partial charge in [-0.3, -0.25) is 9.59 Å². The van der Waals surface area contributed by atoms with Crippen molar-refractivity contribution in [2.75, 3.05) is 33.7 Å². The van der Waals surface area contributed by atoms with Gasteiger partial charge in [-0.2, -0.15) is 0 Å². The highest BCUT2D eigenvalue weighted by molar-refractivity contribution is 14.0. The van der Waals surface area contributed by atoms with E-state index in [1.165, 1.54) is 9.78 Å². The summed E-state index contributed by atoms with van der Waals surface area (Å²) in [5.74, 6) is 0.739. The lowest BCUT2D eigenvalue weighted by Crippen LogP contribution is -2.45. The minimum atomic E-state index is -0.0496. The van der Waals surface area contributed by atoms with E-state index in [1.807, 2.05) is 23.3 Å². The van der Waals surface area contributed by atoms with Crippen molar-refractivity contribution in [2.45, 2.75) is 32.4 Å². The highest BCUT2D eigenvalue weighted by atomic mass is 127. The van der Waals surface area contributed by atoms with E-state index in [0.29, 0.717) is 25.5 Å². The smallest absolute Gasteiger partial charge is 0.243 e. The second kappa shape index (κ2) is 11.4. The number of rotatable bonds is 6. The van der Waals surface area contributed by atoms with Crippen molar-refractivity contribution in [3.63, 3.8) is 0 Å². The number of hydrogen-bond donors (Lipinski definition) is 2. The normalized spacial score (nSPS) is 16.8. The predicted molar refractivity (Wildman–Crippen MR) is 116 cm³/mol. The number of guanidine groups is 1. The first-order valence-electron chi connectivity index (χ1n) is 8.54. The number of carbonyl (C=O) groups is 2. The molecule has 0 aromatic carbocycles. The maximum absolute atomic E-state index is 11.8. The Morgan fingerprint density at radius 2 is 2.19 bits per heavy atom. The fourth-order valence-corrected chi connectivity index (χ4v) is 3.19. The molecule has 2 amide bonds. The van der Waals surface area contributed by atoms with Crippen LogP contribution in [-0.4, -0.2) is 67.3 Å². The predicted octanol–water partition coefficient (Wildman–Crippen LogP) is 1.50. The number of halogens is 1. The fraction of sp³-hybridized carbons (Fsp3) is 0.588. The largest absolute Gasteiger partial charge is 0.352 e. The van der Waals surface area contributed by atoms with Gasteiger partial charge < -0.3 is 20.4 Å². The van der Waals surface area contributed by atoms with Gasteiger partial charge in [0.25, 0.3) is 0 Å². The molecule has 0 radical (unpaired) electrons. The van der Waals surface area contributed by atoms with E-state index < -0.39 is 0 Å². The van der Waals surface area contributed by atoms with Gasteiger partial charge in [-0.1, -0.05) is 13.0 Å². The first-order valence-corrected chi connectivity index (χ1v) is 9.42. The molecule has 1 aromatic heterocycles. The summed E-state index contributed by atoms with van der Waals surface area (Å²) in [4.78, 5) is 32.6. The van der Waals surface area contributed by atoms with Crippen LogP contribution >= 0.6 is 35.3 Å². The third-order valence-corrected chi connectivity index (χ3v) is 4.94. The van der Waals surface area contributed by atoms with Gasteiger partial charge in [0, 0.05) is 44.5 Å². The summed E-state index contributed by atoms with van der Waals surface area (Å²) in [6.07, 6.45) is 1.41. The number of hydrogen-bond acceptors (Lipinski definition) is 4. The van der Waals surface area contributed by atoms with Crippen LogP contribution in [-0.2, 0) is 16.1 Å². The number of carbonyl (C=O) groups excluding carboxylic acids is 2. The highest BCUT2D eigenvalue weighted by Crippen LogP contribution is 2.11. The molecular weight excluding hydrogens is 465 g/mol. The van der Waals surface area contributed by atoms with Crippen LogP contribution in [0, 0.1) is 0 Å². The van der Waals surface area contributed by atoms with Crippen LogP contribution < -0.4 is 10.6 Å². The Balaban J connectivity index is 0.00000338. The molecule has 2 N–H and O–H groups in total. The maximum Gasteiger partial charge on any atom is 0.243 e. The van der Waals surface area contributed by atoms with E-state index in [-0.39, 0.29) is 48.4 Å². The van der Waals surface area contributed by atoms with Crippen molar-refractivity contribution in [1.29, 1.82) is 0 Å². The monoisotopic (exact) mass is 493 g/mol. The molecule has 1 unspecified atom stereocenters. The summed E-state index contributed by atoms with van der Waals surface area (Å²) in [7, 11) is 3.43. The number of nitrogens with one attached hydrogen (secondary N) is 2. The SMILES string of the molecule is CCC(=O)N1CCC(NC(=NCC(=O)N(C)C)NCc2cccs2)C1.I. The molecule has 1 aliphatic rings. The van der Waals surface area contributed by atoms with Gasteiger partial charge in [0.1, 0.15) is 6.54 Å². The number of aliphatic imine (C=N–C) groups is 1. The zero-order valence-electron chi connectivity index (χ0n) is 15.5. The summed E-state index contributed by atoms with van der Waals surface area (Å²) in [5, 5.41) is 8.67. The number of amides is 2.